The van der Waals surface area contributed by atoms with Gasteiger partial charge in [-0.3, -0.25) is 4.72 Å². The van der Waals surface area contributed by atoms with Crippen molar-refractivity contribution >= 4 is 33.1 Å². The predicted octanol–water partition coefficient (Wildman–Crippen LogP) is 0.921. The molecule has 0 amide bonds. The van der Waals surface area contributed by atoms with E-state index in [1.165, 1.54) is 29.6 Å². The molecule has 8 heteroatoms. The van der Waals surface area contributed by atoms with Crippen LogP contribution in [0, 0.1) is 0 Å². The summed E-state index contributed by atoms with van der Waals surface area (Å²) in [6.45, 7) is 0. The van der Waals surface area contributed by atoms with E-state index in [-0.39, 0.29) is 10.7 Å². The van der Waals surface area contributed by atoms with Gasteiger partial charge in [0.2, 0.25) is 0 Å². The number of benzene rings is 1. The molecule has 2 aromatic rings. The minimum absolute atomic E-state index is 0.134. The average molecular weight is 256 g/mol. The van der Waals surface area contributed by atoms with E-state index in [0.29, 0.717) is 5.69 Å². The third-order valence-corrected chi connectivity index (χ3v) is 3.66. The number of nitrogen functional groups attached to an aromatic ring is 1. The van der Waals surface area contributed by atoms with Crippen molar-refractivity contribution < 1.29 is 8.42 Å². The van der Waals surface area contributed by atoms with Crippen LogP contribution in [-0.4, -0.2) is 18.0 Å². The van der Waals surface area contributed by atoms with Gasteiger partial charge >= 0.3 is 0 Å². The third kappa shape index (κ3) is 2.28. The van der Waals surface area contributed by atoms with Crippen molar-refractivity contribution in [1.82, 2.24) is 9.59 Å². The topological polar surface area (TPSA) is 98.0 Å². The Kier molecular flexibility index (Phi) is 2.75. The van der Waals surface area contributed by atoms with Crippen molar-refractivity contribution in [2.75, 3.05) is 10.5 Å². The van der Waals surface area contributed by atoms with Gasteiger partial charge in [0.05, 0.1) is 10.3 Å². The molecular weight excluding hydrogens is 248 g/mol. The molecule has 3 N–H and O–H groups in total. The van der Waals surface area contributed by atoms with E-state index in [9.17, 15) is 8.42 Å². The SMILES string of the molecule is Nc1ccc(S(=O)(=O)Nc2csnn2)cc1. The Balaban J connectivity index is 2.29. The van der Waals surface area contributed by atoms with Crippen LogP contribution in [0.25, 0.3) is 0 Å². The minimum Gasteiger partial charge on any atom is -0.399 e. The average Bonchev–Trinajstić information content (AvgIpc) is 2.70. The van der Waals surface area contributed by atoms with Gasteiger partial charge in [0.15, 0.2) is 5.82 Å². The van der Waals surface area contributed by atoms with Gasteiger partial charge in [0.25, 0.3) is 10.0 Å². The number of nitrogens with zero attached hydrogens (tertiary/aromatic N) is 2. The van der Waals surface area contributed by atoms with Gasteiger partial charge in [-0.25, -0.2) is 8.42 Å². The highest BCUT2D eigenvalue weighted by atomic mass is 32.2. The van der Waals surface area contributed by atoms with Crippen LogP contribution in [-0.2, 0) is 10.0 Å². The standard InChI is InChI=1S/C8H8N4O2S2/c9-6-1-3-7(4-2-6)16(13,14)11-8-5-15-12-10-8/h1-5,11H,9H2. The fourth-order valence-corrected chi connectivity index (χ4v) is 2.50. The molecule has 0 fully saturated rings. The molecule has 0 saturated heterocycles. The quantitative estimate of drug-likeness (QED) is 0.796. The molecule has 0 spiro atoms. The van der Waals surface area contributed by atoms with E-state index in [2.05, 4.69) is 14.3 Å². The normalized spacial score (nSPS) is 11.2. The molecule has 6 nitrogen and oxygen atoms in total. The lowest BCUT2D eigenvalue weighted by atomic mass is 10.3. The molecule has 84 valence electrons. The number of hydrogen-bond donors (Lipinski definition) is 2. The summed E-state index contributed by atoms with van der Waals surface area (Å²) in [6.07, 6.45) is 0. The van der Waals surface area contributed by atoms with Gasteiger partial charge in [0.1, 0.15) is 0 Å². The lowest BCUT2D eigenvalue weighted by molar-refractivity contribution is 0.601. The van der Waals surface area contributed by atoms with Gasteiger partial charge in [0, 0.05) is 5.69 Å². The minimum atomic E-state index is -3.60. The maximum atomic E-state index is 11.8. The summed E-state index contributed by atoms with van der Waals surface area (Å²) >= 11 is 1.07. The summed E-state index contributed by atoms with van der Waals surface area (Å²) in [7, 11) is -3.60. The van der Waals surface area contributed by atoms with Crippen LogP contribution in [0.3, 0.4) is 0 Å². The number of anilines is 2. The van der Waals surface area contributed by atoms with Crippen molar-refractivity contribution in [2.24, 2.45) is 0 Å². The number of nitrogens with one attached hydrogen (secondary N) is 1. The van der Waals surface area contributed by atoms with Crippen molar-refractivity contribution in [2.45, 2.75) is 4.90 Å². The molecule has 16 heavy (non-hydrogen) atoms. The van der Waals surface area contributed by atoms with Crippen LogP contribution in [0.5, 0.6) is 0 Å². The fourth-order valence-electron chi connectivity index (χ4n) is 1.05. The molecule has 0 aliphatic carbocycles. The molecule has 1 aromatic carbocycles. The second-order valence-corrected chi connectivity index (χ2v) is 5.26. The number of nitrogens with two attached hydrogens (primary N) is 1. The van der Waals surface area contributed by atoms with E-state index < -0.39 is 10.0 Å². The zero-order valence-corrected chi connectivity index (χ0v) is 9.62. The molecule has 0 radical (unpaired) electrons. The summed E-state index contributed by atoms with van der Waals surface area (Å²) in [4.78, 5) is 0.134. The Labute approximate surface area is 96.3 Å². The molecular formula is C8H8N4O2S2. The molecule has 1 aromatic heterocycles. The first-order valence-electron chi connectivity index (χ1n) is 4.23. The van der Waals surface area contributed by atoms with E-state index in [4.69, 9.17) is 5.73 Å². The summed E-state index contributed by atoms with van der Waals surface area (Å²) in [5.74, 6) is 0.210. The van der Waals surface area contributed by atoms with Crippen LogP contribution < -0.4 is 10.5 Å². The van der Waals surface area contributed by atoms with Crippen LogP contribution >= 0.6 is 11.5 Å². The third-order valence-electron chi connectivity index (χ3n) is 1.79. The Hall–Kier alpha value is -1.67. The maximum absolute atomic E-state index is 11.8. The van der Waals surface area contributed by atoms with Crippen LogP contribution in [0.2, 0.25) is 0 Å². The van der Waals surface area contributed by atoms with E-state index >= 15 is 0 Å². The lowest BCUT2D eigenvalue weighted by Gasteiger charge is -2.04. The zero-order chi connectivity index (χ0) is 11.6. The highest BCUT2D eigenvalue weighted by molar-refractivity contribution is 7.92. The van der Waals surface area contributed by atoms with Gasteiger partial charge < -0.3 is 5.73 Å². The molecule has 0 saturated carbocycles. The number of sulfonamides is 1. The van der Waals surface area contributed by atoms with Gasteiger partial charge in [-0.2, -0.15) is 0 Å². The Morgan fingerprint density at radius 3 is 2.50 bits per heavy atom. The highest BCUT2D eigenvalue weighted by Gasteiger charge is 2.14. The first kappa shape index (κ1) is 10.8. The first-order chi connectivity index (χ1) is 7.58. The molecule has 0 unspecified atom stereocenters. The van der Waals surface area contributed by atoms with Crippen molar-refractivity contribution in [3.63, 3.8) is 0 Å². The van der Waals surface area contributed by atoms with Gasteiger partial charge in [-0.05, 0) is 35.8 Å². The Bertz CT molecular complexity index is 563. The van der Waals surface area contributed by atoms with E-state index in [0.717, 1.165) is 11.5 Å². The van der Waals surface area contributed by atoms with Crippen molar-refractivity contribution in [1.29, 1.82) is 0 Å². The van der Waals surface area contributed by atoms with E-state index in [1.54, 1.807) is 0 Å². The molecule has 0 atom stereocenters. The first-order valence-corrected chi connectivity index (χ1v) is 6.55. The number of aromatic nitrogens is 2. The number of hydrogen-bond acceptors (Lipinski definition) is 6. The summed E-state index contributed by atoms with van der Waals surface area (Å²) in [5.41, 5.74) is 5.98. The van der Waals surface area contributed by atoms with Crippen LogP contribution in [0.15, 0.2) is 34.5 Å². The van der Waals surface area contributed by atoms with Crippen LogP contribution in [0.1, 0.15) is 0 Å². The second-order valence-electron chi connectivity index (χ2n) is 2.96. The second kappa shape index (κ2) is 4.06. The molecule has 1 heterocycles. The van der Waals surface area contributed by atoms with Crippen molar-refractivity contribution in [3.8, 4) is 0 Å². The largest absolute Gasteiger partial charge is 0.399 e. The lowest BCUT2D eigenvalue weighted by Crippen LogP contribution is -2.13. The molecule has 0 aliphatic heterocycles. The predicted molar refractivity (Wildman–Crippen MR) is 61.6 cm³/mol. The van der Waals surface area contributed by atoms with Gasteiger partial charge in [-0.15, -0.1) is 5.10 Å². The van der Waals surface area contributed by atoms with E-state index in [1.807, 2.05) is 0 Å². The summed E-state index contributed by atoms with van der Waals surface area (Å²) < 4.78 is 29.5. The summed E-state index contributed by atoms with van der Waals surface area (Å²) in [6, 6.07) is 5.90. The Morgan fingerprint density at radius 2 is 1.94 bits per heavy atom. The van der Waals surface area contributed by atoms with Crippen LogP contribution in [0.4, 0.5) is 11.5 Å². The summed E-state index contributed by atoms with van der Waals surface area (Å²) in [5, 5.41) is 5.11. The van der Waals surface area contributed by atoms with Gasteiger partial charge in [-0.1, -0.05) is 4.49 Å². The maximum Gasteiger partial charge on any atom is 0.263 e. The molecule has 0 bridgehead atoms. The monoisotopic (exact) mass is 256 g/mol. The number of rotatable bonds is 3. The highest BCUT2D eigenvalue weighted by Crippen LogP contribution is 2.15. The van der Waals surface area contributed by atoms with Crippen molar-refractivity contribution in [3.05, 3.63) is 29.6 Å². The zero-order valence-electron chi connectivity index (χ0n) is 7.99. The molecule has 0 aliphatic rings. The fraction of sp³-hybridized carbons (Fsp3) is 0. The molecule has 2 rings (SSSR count). The smallest absolute Gasteiger partial charge is 0.263 e. The Morgan fingerprint density at radius 1 is 1.25 bits per heavy atom.